The van der Waals surface area contributed by atoms with Crippen molar-refractivity contribution in [2.45, 2.75) is 5.41 Å². The fraction of sp³-hybridized carbons (Fsp3) is 0.0189. The minimum atomic E-state index is -0.345. The van der Waals surface area contributed by atoms with E-state index in [1.54, 1.807) is 0 Å². The molecule has 0 bridgehead atoms. The SMILES string of the molecule is c1ccc2c(c1)-c1ccccc1C21c2ccccc2-c2ccc(-c3ccc(-c4ccc5c(c4)oc4cc6cc7oc8ccccc8c7cc6cc45)cc3)cc21. The third kappa shape index (κ3) is 3.83. The lowest BCUT2D eigenvalue weighted by molar-refractivity contribution is 0.668. The fourth-order valence-corrected chi connectivity index (χ4v) is 10.1. The molecule has 2 aliphatic carbocycles. The predicted octanol–water partition coefficient (Wildman–Crippen LogP) is 14.3. The van der Waals surface area contributed by atoms with Crippen LogP contribution in [0.3, 0.4) is 0 Å². The summed E-state index contributed by atoms with van der Waals surface area (Å²) in [7, 11) is 0. The van der Waals surface area contributed by atoms with Crippen LogP contribution in [-0.4, -0.2) is 0 Å². The summed E-state index contributed by atoms with van der Waals surface area (Å²) in [6.45, 7) is 0. The second kappa shape index (κ2) is 10.5. The second-order valence-corrected chi connectivity index (χ2v) is 15.2. The van der Waals surface area contributed by atoms with Gasteiger partial charge in [0.25, 0.3) is 0 Å². The van der Waals surface area contributed by atoms with Crippen LogP contribution < -0.4 is 0 Å². The Labute approximate surface area is 316 Å². The maximum Gasteiger partial charge on any atom is 0.136 e. The molecule has 0 aliphatic heterocycles. The van der Waals surface area contributed by atoms with Crippen molar-refractivity contribution in [1.82, 2.24) is 0 Å². The Morgan fingerprint density at radius 2 is 0.709 bits per heavy atom. The van der Waals surface area contributed by atoms with E-state index in [1.807, 2.05) is 12.1 Å². The Balaban J connectivity index is 0.896. The van der Waals surface area contributed by atoms with E-state index in [4.69, 9.17) is 8.83 Å². The van der Waals surface area contributed by atoms with Crippen molar-refractivity contribution < 1.29 is 8.83 Å². The molecule has 2 aliphatic rings. The zero-order valence-corrected chi connectivity index (χ0v) is 29.6. The number of benzene rings is 9. The monoisotopic (exact) mass is 698 g/mol. The van der Waals surface area contributed by atoms with Gasteiger partial charge in [-0.2, -0.15) is 0 Å². The maximum atomic E-state index is 6.52. The summed E-state index contributed by atoms with van der Waals surface area (Å²) in [6, 6.07) is 66.7. The first-order valence-corrected chi connectivity index (χ1v) is 19.0. The average molecular weight is 699 g/mol. The standard InChI is InChI=1S/C53H30O2/c1-5-13-45-37(9-1)38-10-2-6-14-46(38)53(45)47-15-7-3-11-39(47)40-23-21-33(27-48(40)53)31-17-19-32(20-18-31)34-22-24-42-44-26-35-25-43-41-12-4-8-16-49(41)54-51(43)29-36(35)30-52(44)55-50(42)28-34/h1-30H. The molecular formula is C53H30O2. The smallest absolute Gasteiger partial charge is 0.136 e. The molecule has 0 N–H and O–H groups in total. The third-order valence-corrected chi connectivity index (χ3v) is 12.5. The van der Waals surface area contributed by atoms with Crippen molar-refractivity contribution in [2.75, 3.05) is 0 Å². The Morgan fingerprint density at radius 1 is 0.273 bits per heavy atom. The highest BCUT2D eigenvalue weighted by molar-refractivity contribution is 6.15. The van der Waals surface area contributed by atoms with Gasteiger partial charge in [-0.3, -0.25) is 0 Å². The highest BCUT2D eigenvalue weighted by atomic mass is 16.3. The summed E-state index contributed by atoms with van der Waals surface area (Å²) < 4.78 is 12.7. The van der Waals surface area contributed by atoms with Crippen LogP contribution in [-0.2, 0) is 5.41 Å². The maximum absolute atomic E-state index is 6.52. The molecule has 2 heteroatoms. The fourth-order valence-electron chi connectivity index (χ4n) is 10.1. The lowest BCUT2D eigenvalue weighted by atomic mass is 9.70. The quantitative estimate of drug-likeness (QED) is 0.180. The molecule has 0 saturated carbocycles. The number of furan rings is 2. The van der Waals surface area contributed by atoms with Gasteiger partial charge >= 0.3 is 0 Å². The first-order chi connectivity index (χ1) is 27.2. The Bertz CT molecular complexity index is 3370. The summed E-state index contributed by atoms with van der Waals surface area (Å²) >= 11 is 0. The molecule has 0 fully saturated rings. The lowest BCUT2D eigenvalue weighted by Gasteiger charge is -2.30. The van der Waals surface area contributed by atoms with Crippen molar-refractivity contribution in [2.24, 2.45) is 0 Å². The number of para-hydroxylation sites is 1. The van der Waals surface area contributed by atoms with Gasteiger partial charge in [-0.1, -0.05) is 133 Å². The van der Waals surface area contributed by atoms with E-state index in [9.17, 15) is 0 Å². The summed E-state index contributed by atoms with van der Waals surface area (Å²) in [4.78, 5) is 0. The molecule has 2 nitrogen and oxygen atoms in total. The van der Waals surface area contributed by atoms with Gasteiger partial charge in [-0.05, 0) is 126 Å². The van der Waals surface area contributed by atoms with E-state index in [0.717, 1.165) is 60.4 Å². The van der Waals surface area contributed by atoms with E-state index >= 15 is 0 Å². The van der Waals surface area contributed by atoms with Crippen LogP contribution in [0.15, 0.2) is 191 Å². The van der Waals surface area contributed by atoms with Gasteiger partial charge in [0, 0.05) is 21.5 Å². The van der Waals surface area contributed by atoms with E-state index in [-0.39, 0.29) is 5.41 Å². The number of hydrogen-bond donors (Lipinski definition) is 0. The number of fused-ring (bicyclic) bond motifs is 17. The summed E-state index contributed by atoms with van der Waals surface area (Å²) in [5.74, 6) is 0. The highest BCUT2D eigenvalue weighted by Gasteiger charge is 2.51. The summed E-state index contributed by atoms with van der Waals surface area (Å²) in [5.41, 5.74) is 18.7. The topological polar surface area (TPSA) is 26.3 Å². The molecule has 0 unspecified atom stereocenters. The summed E-state index contributed by atoms with van der Waals surface area (Å²) in [6.07, 6.45) is 0. The van der Waals surface area contributed by atoms with Crippen LogP contribution in [0.25, 0.3) is 99.2 Å². The zero-order chi connectivity index (χ0) is 35.8. The minimum absolute atomic E-state index is 0.345. The minimum Gasteiger partial charge on any atom is -0.456 e. The molecule has 0 radical (unpaired) electrons. The van der Waals surface area contributed by atoms with E-state index in [1.165, 1.54) is 61.0 Å². The highest BCUT2D eigenvalue weighted by Crippen LogP contribution is 2.63. The number of hydrogen-bond acceptors (Lipinski definition) is 2. The predicted molar refractivity (Wildman–Crippen MR) is 226 cm³/mol. The molecule has 2 aromatic heterocycles. The van der Waals surface area contributed by atoms with Crippen LogP contribution in [0.5, 0.6) is 0 Å². The molecule has 9 aromatic carbocycles. The van der Waals surface area contributed by atoms with Gasteiger partial charge < -0.3 is 8.83 Å². The second-order valence-electron chi connectivity index (χ2n) is 15.2. The molecule has 13 rings (SSSR count). The third-order valence-electron chi connectivity index (χ3n) is 12.5. The zero-order valence-electron chi connectivity index (χ0n) is 29.6. The molecule has 2 heterocycles. The van der Waals surface area contributed by atoms with E-state index < -0.39 is 0 Å². The van der Waals surface area contributed by atoms with Crippen LogP contribution in [0.2, 0.25) is 0 Å². The van der Waals surface area contributed by atoms with Gasteiger partial charge in [0.15, 0.2) is 0 Å². The molecule has 11 aromatic rings. The Hall–Kier alpha value is -7.16. The van der Waals surface area contributed by atoms with Crippen LogP contribution in [0, 0.1) is 0 Å². The van der Waals surface area contributed by atoms with Gasteiger partial charge in [0.05, 0.1) is 5.41 Å². The van der Waals surface area contributed by atoms with Gasteiger partial charge in [0.1, 0.15) is 22.3 Å². The first kappa shape index (κ1) is 29.3. The molecule has 0 saturated heterocycles. The van der Waals surface area contributed by atoms with Gasteiger partial charge in [-0.25, -0.2) is 0 Å². The molecule has 0 amide bonds. The lowest BCUT2D eigenvalue weighted by Crippen LogP contribution is -2.25. The molecule has 0 atom stereocenters. The Kier molecular flexibility index (Phi) is 5.59. The van der Waals surface area contributed by atoms with Crippen molar-refractivity contribution >= 4 is 54.6 Å². The first-order valence-electron chi connectivity index (χ1n) is 19.0. The molecule has 1 spiro atoms. The van der Waals surface area contributed by atoms with Gasteiger partial charge in [0.2, 0.25) is 0 Å². The Morgan fingerprint density at radius 3 is 1.35 bits per heavy atom. The van der Waals surface area contributed by atoms with Crippen molar-refractivity contribution in [1.29, 1.82) is 0 Å². The average Bonchev–Trinajstić information content (AvgIpc) is 3.96. The van der Waals surface area contributed by atoms with Crippen molar-refractivity contribution in [3.05, 3.63) is 204 Å². The van der Waals surface area contributed by atoms with Crippen LogP contribution in [0.4, 0.5) is 0 Å². The molecular weight excluding hydrogens is 669 g/mol. The molecule has 55 heavy (non-hydrogen) atoms. The van der Waals surface area contributed by atoms with Gasteiger partial charge in [-0.15, -0.1) is 0 Å². The van der Waals surface area contributed by atoms with E-state index in [2.05, 4.69) is 170 Å². The van der Waals surface area contributed by atoms with Crippen LogP contribution in [0.1, 0.15) is 22.3 Å². The normalized spacial score (nSPS) is 13.6. The number of rotatable bonds is 2. The molecule has 254 valence electrons. The van der Waals surface area contributed by atoms with E-state index in [0.29, 0.717) is 0 Å². The van der Waals surface area contributed by atoms with Crippen LogP contribution >= 0.6 is 0 Å². The largest absolute Gasteiger partial charge is 0.456 e. The van der Waals surface area contributed by atoms with Crippen molar-refractivity contribution in [3.63, 3.8) is 0 Å². The van der Waals surface area contributed by atoms with Crippen molar-refractivity contribution in [3.8, 4) is 44.5 Å². The summed E-state index contributed by atoms with van der Waals surface area (Å²) in [5, 5.41) is 6.81.